The Balaban J connectivity index is 2.28. The van der Waals surface area contributed by atoms with Gasteiger partial charge in [-0.05, 0) is 22.0 Å². The molecule has 0 saturated carbocycles. The topological polar surface area (TPSA) is 17.3 Å². The first-order valence-corrected chi connectivity index (χ1v) is 5.93. The van der Waals surface area contributed by atoms with Crippen molar-refractivity contribution in [3.05, 3.63) is 59.1 Å². The van der Waals surface area contributed by atoms with Crippen LogP contribution in [0.15, 0.2) is 53.3 Å². The Morgan fingerprint density at radius 2 is 1.88 bits per heavy atom. The summed E-state index contributed by atoms with van der Waals surface area (Å²) in [7, 11) is 0. The Kier molecular flexibility index (Phi) is 2.44. The van der Waals surface area contributed by atoms with E-state index in [2.05, 4.69) is 20.9 Å². The quantitative estimate of drug-likeness (QED) is 0.664. The van der Waals surface area contributed by atoms with Crippen molar-refractivity contribution >= 4 is 21.6 Å². The Labute approximate surface area is 106 Å². The van der Waals surface area contributed by atoms with Gasteiger partial charge < -0.3 is 0 Å². The SMILES string of the molecule is Fc1ccn2c(Br)c(-c3ccccc3)nc2c1. The number of hydrogen-bond donors (Lipinski definition) is 0. The van der Waals surface area contributed by atoms with E-state index in [0.717, 1.165) is 15.9 Å². The largest absolute Gasteiger partial charge is 0.293 e. The summed E-state index contributed by atoms with van der Waals surface area (Å²) in [5.74, 6) is -0.283. The third-order valence-corrected chi connectivity index (χ3v) is 3.33. The van der Waals surface area contributed by atoms with Crippen LogP contribution in [0.1, 0.15) is 0 Å². The van der Waals surface area contributed by atoms with Crippen LogP contribution in [-0.2, 0) is 0 Å². The van der Waals surface area contributed by atoms with Gasteiger partial charge >= 0.3 is 0 Å². The van der Waals surface area contributed by atoms with Gasteiger partial charge in [-0.25, -0.2) is 9.37 Å². The average Bonchev–Trinajstić information content (AvgIpc) is 2.67. The molecule has 0 aliphatic carbocycles. The van der Waals surface area contributed by atoms with Crippen LogP contribution in [0.4, 0.5) is 4.39 Å². The lowest BCUT2D eigenvalue weighted by Crippen LogP contribution is -1.84. The summed E-state index contributed by atoms with van der Waals surface area (Å²) >= 11 is 3.49. The molecule has 4 heteroatoms. The van der Waals surface area contributed by atoms with E-state index in [1.54, 1.807) is 6.20 Å². The van der Waals surface area contributed by atoms with Crippen molar-refractivity contribution in [3.63, 3.8) is 0 Å². The summed E-state index contributed by atoms with van der Waals surface area (Å²) in [6.45, 7) is 0. The molecule has 1 aromatic carbocycles. The monoisotopic (exact) mass is 290 g/mol. The van der Waals surface area contributed by atoms with Crippen molar-refractivity contribution in [2.24, 2.45) is 0 Å². The molecule has 0 saturated heterocycles. The van der Waals surface area contributed by atoms with Crippen LogP contribution in [-0.4, -0.2) is 9.38 Å². The van der Waals surface area contributed by atoms with E-state index in [0.29, 0.717) is 5.65 Å². The standard InChI is InChI=1S/C13H8BrFN2/c14-13-12(9-4-2-1-3-5-9)16-11-8-10(15)6-7-17(11)13/h1-8H. The number of imidazole rings is 1. The van der Waals surface area contributed by atoms with Crippen LogP contribution in [0, 0.1) is 5.82 Å². The lowest BCUT2D eigenvalue weighted by molar-refractivity contribution is 0.626. The number of benzene rings is 1. The van der Waals surface area contributed by atoms with E-state index >= 15 is 0 Å². The molecule has 0 aliphatic heterocycles. The average molecular weight is 291 g/mol. The molecular formula is C13H8BrFN2. The van der Waals surface area contributed by atoms with Gasteiger partial charge in [-0.3, -0.25) is 4.40 Å². The van der Waals surface area contributed by atoms with E-state index in [9.17, 15) is 4.39 Å². The molecule has 3 aromatic rings. The number of aromatic nitrogens is 2. The van der Waals surface area contributed by atoms with E-state index in [1.807, 2.05) is 34.7 Å². The summed E-state index contributed by atoms with van der Waals surface area (Å²) in [4.78, 5) is 4.42. The molecular weight excluding hydrogens is 283 g/mol. The number of halogens is 2. The van der Waals surface area contributed by atoms with Gasteiger partial charge in [-0.2, -0.15) is 0 Å². The highest BCUT2D eigenvalue weighted by molar-refractivity contribution is 9.10. The molecule has 2 nitrogen and oxygen atoms in total. The molecule has 0 unspecified atom stereocenters. The van der Waals surface area contributed by atoms with Gasteiger partial charge in [-0.15, -0.1) is 0 Å². The molecule has 0 aliphatic rings. The molecule has 84 valence electrons. The van der Waals surface area contributed by atoms with Crippen LogP contribution in [0.25, 0.3) is 16.9 Å². The molecule has 2 aromatic heterocycles. The molecule has 2 heterocycles. The molecule has 3 rings (SSSR count). The summed E-state index contributed by atoms with van der Waals surface area (Å²) < 4.78 is 15.8. The molecule has 0 spiro atoms. The summed E-state index contributed by atoms with van der Waals surface area (Å²) in [6, 6.07) is 12.6. The first kappa shape index (κ1) is 10.5. The van der Waals surface area contributed by atoms with Crippen molar-refractivity contribution < 1.29 is 4.39 Å². The number of nitrogens with zero attached hydrogens (tertiary/aromatic N) is 2. The van der Waals surface area contributed by atoms with Gasteiger partial charge in [0, 0.05) is 17.8 Å². The highest BCUT2D eigenvalue weighted by Crippen LogP contribution is 2.28. The Morgan fingerprint density at radius 1 is 1.12 bits per heavy atom. The number of hydrogen-bond acceptors (Lipinski definition) is 1. The van der Waals surface area contributed by atoms with Crippen LogP contribution >= 0.6 is 15.9 Å². The highest BCUT2D eigenvalue weighted by Gasteiger charge is 2.11. The fraction of sp³-hybridized carbons (Fsp3) is 0. The van der Waals surface area contributed by atoms with Crippen LogP contribution in [0.5, 0.6) is 0 Å². The second-order valence-corrected chi connectivity index (χ2v) is 4.44. The van der Waals surface area contributed by atoms with Crippen molar-refractivity contribution in [2.45, 2.75) is 0 Å². The molecule has 0 N–H and O–H groups in total. The van der Waals surface area contributed by atoms with Crippen LogP contribution in [0.2, 0.25) is 0 Å². The zero-order valence-electron chi connectivity index (χ0n) is 8.77. The maximum absolute atomic E-state index is 13.1. The van der Waals surface area contributed by atoms with Crippen LogP contribution < -0.4 is 0 Å². The first-order chi connectivity index (χ1) is 8.25. The van der Waals surface area contributed by atoms with E-state index in [4.69, 9.17) is 0 Å². The lowest BCUT2D eigenvalue weighted by atomic mass is 10.2. The maximum Gasteiger partial charge on any atom is 0.141 e. The lowest BCUT2D eigenvalue weighted by Gasteiger charge is -1.97. The minimum atomic E-state index is -0.283. The fourth-order valence-electron chi connectivity index (χ4n) is 1.77. The van der Waals surface area contributed by atoms with E-state index < -0.39 is 0 Å². The molecule has 17 heavy (non-hydrogen) atoms. The normalized spacial score (nSPS) is 10.9. The van der Waals surface area contributed by atoms with Gasteiger partial charge in [0.1, 0.15) is 21.8 Å². The molecule has 0 amide bonds. The third-order valence-electron chi connectivity index (χ3n) is 2.58. The second-order valence-electron chi connectivity index (χ2n) is 3.69. The zero-order valence-corrected chi connectivity index (χ0v) is 10.4. The Morgan fingerprint density at radius 3 is 2.65 bits per heavy atom. The molecule has 0 radical (unpaired) electrons. The van der Waals surface area contributed by atoms with Gasteiger partial charge in [-0.1, -0.05) is 30.3 Å². The van der Waals surface area contributed by atoms with Gasteiger partial charge in [0.15, 0.2) is 0 Å². The minimum Gasteiger partial charge on any atom is -0.293 e. The van der Waals surface area contributed by atoms with Crippen molar-refractivity contribution in [3.8, 4) is 11.3 Å². The summed E-state index contributed by atoms with van der Waals surface area (Å²) in [5.41, 5.74) is 2.41. The van der Waals surface area contributed by atoms with Crippen molar-refractivity contribution in [1.82, 2.24) is 9.38 Å². The van der Waals surface area contributed by atoms with Gasteiger partial charge in [0.2, 0.25) is 0 Å². The van der Waals surface area contributed by atoms with Crippen molar-refractivity contribution in [1.29, 1.82) is 0 Å². The van der Waals surface area contributed by atoms with E-state index in [-0.39, 0.29) is 5.82 Å². The Bertz CT molecular complexity index is 676. The predicted octanol–water partition coefficient (Wildman–Crippen LogP) is 3.90. The summed E-state index contributed by atoms with van der Waals surface area (Å²) in [6.07, 6.45) is 1.66. The third kappa shape index (κ3) is 1.74. The van der Waals surface area contributed by atoms with Crippen molar-refractivity contribution in [2.75, 3.05) is 0 Å². The number of pyridine rings is 1. The summed E-state index contributed by atoms with van der Waals surface area (Å²) in [5, 5.41) is 0. The molecule has 0 bridgehead atoms. The fourth-order valence-corrected chi connectivity index (χ4v) is 2.39. The smallest absolute Gasteiger partial charge is 0.141 e. The molecule has 0 atom stereocenters. The highest BCUT2D eigenvalue weighted by atomic mass is 79.9. The maximum atomic E-state index is 13.1. The zero-order chi connectivity index (χ0) is 11.8. The minimum absolute atomic E-state index is 0.283. The first-order valence-electron chi connectivity index (χ1n) is 5.14. The molecule has 0 fully saturated rings. The van der Waals surface area contributed by atoms with Gasteiger partial charge in [0.05, 0.1) is 0 Å². The van der Waals surface area contributed by atoms with Gasteiger partial charge in [0.25, 0.3) is 0 Å². The van der Waals surface area contributed by atoms with Crippen LogP contribution in [0.3, 0.4) is 0 Å². The number of fused-ring (bicyclic) bond motifs is 1. The Hall–Kier alpha value is -1.68. The van der Waals surface area contributed by atoms with E-state index in [1.165, 1.54) is 12.1 Å². The number of rotatable bonds is 1. The predicted molar refractivity (Wildman–Crippen MR) is 68.3 cm³/mol. The second kappa shape index (κ2) is 3.96.